The van der Waals surface area contributed by atoms with Crippen LogP contribution in [0.4, 0.5) is 24.5 Å². The minimum atomic E-state index is -4.62. The highest BCUT2D eigenvalue weighted by molar-refractivity contribution is 7.90. The number of amides is 2. The van der Waals surface area contributed by atoms with Crippen LogP contribution in [0.3, 0.4) is 0 Å². The molecule has 0 aliphatic heterocycles. The maximum Gasteiger partial charge on any atom is 0.418 e. The Hall–Kier alpha value is -2.92. The van der Waals surface area contributed by atoms with E-state index in [-0.39, 0.29) is 35.9 Å². The Morgan fingerprint density at radius 3 is 2.16 bits per heavy atom. The molecule has 0 fully saturated rings. The van der Waals surface area contributed by atoms with Gasteiger partial charge in [-0.15, -0.1) is 0 Å². The third kappa shape index (κ3) is 7.37. The van der Waals surface area contributed by atoms with Gasteiger partial charge in [0.1, 0.15) is 0 Å². The Balaban J connectivity index is 2.00. The van der Waals surface area contributed by atoms with E-state index < -0.39 is 33.4 Å². The fourth-order valence-corrected chi connectivity index (χ4v) is 3.39. The fourth-order valence-electron chi connectivity index (χ4n) is 2.72. The van der Waals surface area contributed by atoms with Crippen molar-refractivity contribution in [1.29, 1.82) is 0 Å². The van der Waals surface area contributed by atoms with Crippen molar-refractivity contribution in [2.45, 2.75) is 18.0 Å². The molecular formula is C20H22F3N3O4S. The molecule has 0 aliphatic carbocycles. The molecule has 0 aliphatic rings. The maximum absolute atomic E-state index is 13.1. The number of nitrogens with zero attached hydrogens (tertiary/aromatic N) is 1. The van der Waals surface area contributed by atoms with Crippen LogP contribution in [0.2, 0.25) is 0 Å². The largest absolute Gasteiger partial charge is 0.418 e. The van der Waals surface area contributed by atoms with E-state index in [1.807, 2.05) is 0 Å². The fraction of sp³-hybridized carbons (Fsp3) is 0.300. The van der Waals surface area contributed by atoms with E-state index in [4.69, 9.17) is 0 Å². The van der Waals surface area contributed by atoms with Crippen LogP contribution in [-0.2, 0) is 25.6 Å². The summed E-state index contributed by atoms with van der Waals surface area (Å²) in [5.74, 6) is -1.21. The van der Waals surface area contributed by atoms with E-state index >= 15 is 0 Å². The lowest BCUT2D eigenvalue weighted by Crippen LogP contribution is -2.38. The van der Waals surface area contributed by atoms with Gasteiger partial charge >= 0.3 is 6.18 Å². The number of hydrogen-bond donors (Lipinski definition) is 2. The molecule has 0 spiro atoms. The number of likely N-dealkylation sites (N-methyl/N-ethyl adjacent to an activating group) is 1. The number of alkyl halides is 3. The number of rotatable bonds is 8. The van der Waals surface area contributed by atoms with Gasteiger partial charge in [0.15, 0.2) is 9.84 Å². The normalized spacial score (nSPS) is 11.9. The van der Waals surface area contributed by atoms with Gasteiger partial charge in [0, 0.05) is 11.9 Å². The molecule has 11 heteroatoms. The molecule has 0 bridgehead atoms. The lowest BCUT2D eigenvalue weighted by Gasteiger charge is -2.20. The van der Waals surface area contributed by atoms with Gasteiger partial charge in [-0.2, -0.15) is 13.2 Å². The SMILES string of the molecule is CCN(CC(=O)Nc1cccc(S(C)(=O)=O)c1)CC(=O)Nc1ccccc1C(F)(F)F. The average molecular weight is 457 g/mol. The quantitative estimate of drug-likeness (QED) is 0.636. The first-order chi connectivity index (χ1) is 14.4. The van der Waals surface area contributed by atoms with Crippen LogP contribution < -0.4 is 10.6 Å². The number of para-hydroxylation sites is 1. The van der Waals surface area contributed by atoms with Gasteiger partial charge in [0.25, 0.3) is 0 Å². The van der Waals surface area contributed by atoms with Crippen LogP contribution in [0.25, 0.3) is 0 Å². The third-order valence-corrected chi connectivity index (χ3v) is 5.34. The molecule has 2 aromatic carbocycles. The lowest BCUT2D eigenvalue weighted by molar-refractivity contribution is -0.137. The molecule has 2 rings (SSSR count). The van der Waals surface area contributed by atoms with E-state index in [1.54, 1.807) is 6.92 Å². The molecule has 0 radical (unpaired) electrons. The van der Waals surface area contributed by atoms with Crippen molar-refractivity contribution < 1.29 is 31.2 Å². The molecule has 0 aromatic heterocycles. The van der Waals surface area contributed by atoms with Crippen LogP contribution in [0, 0.1) is 0 Å². The predicted octanol–water partition coefficient (Wildman–Crippen LogP) is 3.01. The van der Waals surface area contributed by atoms with Gasteiger partial charge in [0.2, 0.25) is 11.8 Å². The van der Waals surface area contributed by atoms with E-state index in [2.05, 4.69) is 10.6 Å². The summed E-state index contributed by atoms with van der Waals surface area (Å²) in [5, 5.41) is 4.78. The minimum absolute atomic E-state index is 0.0420. The van der Waals surface area contributed by atoms with Gasteiger partial charge in [-0.05, 0) is 36.9 Å². The van der Waals surface area contributed by atoms with Crippen molar-refractivity contribution in [3.63, 3.8) is 0 Å². The topological polar surface area (TPSA) is 95.6 Å². The van der Waals surface area contributed by atoms with E-state index in [0.717, 1.165) is 18.4 Å². The van der Waals surface area contributed by atoms with E-state index in [9.17, 15) is 31.2 Å². The van der Waals surface area contributed by atoms with Gasteiger partial charge in [0.05, 0.1) is 29.2 Å². The maximum atomic E-state index is 13.1. The molecule has 2 amide bonds. The molecule has 0 saturated heterocycles. The molecule has 31 heavy (non-hydrogen) atoms. The highest BCUT2D eigenvalue weighted by Crippen LogP contribution is 2.34. The summed E-state index contributed by atoms with van der Waals surface area (Å²) in [6, 6.07) is 10.3. The summed E-state index contributed by atoms with van der Waals surface area (Å²) < 4.78 is 62.4. The summed E-state index contributed by atoms with van der Waals surface area (Å²) in [7, 11) is -3.44. The van der Waals surface area contributed by atoms with Gasteiger partial charge in [-0.3, -0.25) is 14.5 Å². The summed E-state index contributed by atoms with van der Waals surface area (Å²) in [5.41, 5.74) is -1.06. The van der Waals surface area contributed by atoms with Crippen LogP contribution in [0.5, 0.6) is 0 Å². The van der Waals surface area contributed by atoms with Crippen molar-refractivity contribution in [1.82, 2.24) is 4.90 Å². The third-order valence-electron chi connectivity index (χ3n) is 4.23. The molecule has 0 saturated carbocycles. The van der Waals surface area contributed by atoms with Crippen LogP contribution in [0.15, 0.2) is 53.4 Å². The summed E-state index contributed by atoms with van der Waals surface area (Å²) in [6.45, 7) is 1.45. The van der Waals surface area contributed by atoms with E-state index in [1.165, 1.54) is 41.3 Å². The van der Waals surface area contributed by atoms with Crippen molar-refractivity contribution >= 4 is 33.0 Å². The molecule has 0 atom stereocenters. The van der Waals surface area contributed by atoms with Crippen molar-refractivity contribution in [2.24, 2.45) is 0 Å². The van der Waals surface area contributed by atoms with Gasteiger partial charge in [-0.25, -0.2) is 8.42 Å². The smallest absolute Gasteiger partial charge is 0.325 e. The summed E-state index contributed by atoms with van der Waals surface area (Å²) >= 11 is 0. The number of hydrogen-bond acceptors (Lipinski definition) is 5. The zero-order valence-electron chi connectivity index (χ0n) is 16.9. The number of benzene rings is 2. The number of sulfone groups is 1. The molecule has 0 heterocycles. The first-order valence-electron chi connectivity index (χ1n) is 9.18. The zero-order valence-corrected chi connectivity index (χ0v) is 17.7. The summed E-state index contributed by atoms with van der Waals surface area (Å²) in [4.78, 5) is 26.0. The molecular weight excluding hydrogens is 435 g/mol. The number of carbonyl (C=O) groups excluding carboxylic acids is 2. The molecule has 168 valence electrons. The molecule has 2 aromatic rings. The van der Waals surface area contributed by atoms with Crippen molar-refractivity contribution in [3.8, 4) is 0 Å². The standard InChI is InChI=1S/C20H22F3N3O4S/c1-3-26(12-18(27)24-14-7-6-8-15(11-14)31(2,29)30)13-19(28)25-17-10-5-4-9-16(17)20(21,22)23/h4-11H,3,12-13H2,1-2H3,(H,24,27)(H,25,28). The number of carbonyl (C=O) groups is 2. The first-order valence-corrected chi connectivity index (χ1v) is 11.1. The predicted molar refractivity (Wildman–Crippen MR) is 110 cm³/mol. The second-order valence-corrected chi connectivity index (χ2v) is 8.76. The highest BCUT2D eigenvalue weighted by atomic mass is 32.2. The molecule has 7 nitrogen and oxygen atoms in total. The second kappa shape index (κ2) is 9.92. The van der Waals surface area contributed by atoms with Crippen molar-refractivity contribution in [2.75, 3.05) is 36.5 Å². The number of nitrogens with one attached hydrogen (secondary N) is 2. The monoisotopic (exact) mass is 457 g/mol. The van der Waals surface area contributed by atoms with E-state index in [0.29, 0.717) is 0 Å². The zero-order chi connectivity index (χ0) is 23.2. The van der Waals surface area contributed by atoms with Crippen molar-refractivity contribution in [3.05, 3.63) is 54.1 Å². The van der Waals surface area contributed by atoms with Crippen LogP contribution >= 0.6 is 0 Å². The highest BCUT2D eigenvalue weighted by Gasteiger charge is 2.33. The second-order valence-electron chi connectivity index (χ2n) is 6.74. The lowest BCUT2D eigenvalue weighted by atomic mass is 10.1. The Morgan fingerprint density at radius 2 is 1.58 bits per heavy atom. The minimum Gasteiger partial charge on any atom is -0.325 e. The average Bonchev–Trinajstić information content (AvgIpc) is 2.66. The Morgan fingerprint density at radius 1 is 0.968 bits per heavy atom. The Bertz CT molecular complexity index is 1060. The summed E-state index contributed by atoms with van der Waals surface area (Å²) in [6.07, 6.45) is -3.57. The van der Waals surface area contributed by atoms with Crippen LogP contribution in [-0.4, -0.2) is 51.0 Å². The van der Waals surface area contributed by atoms with Gasteiger partial charge < -0.3 is 10.6 Å². The Kier molecular flexibility index (Phi) is 7.80. The van der Waals surface area contributed by atoms with Crippen LogP contribution in [0.1, 0.15) is 12.5 Å². The number of halogens is 3. The van der Waals surface area contributed by atoms with Gasteiger partial charge in [-0.1, -0.05) is 25.1 Å². The number of anilines is 2. The molecule has 2 N–H and O–H groups in total. The first kappa shape index (κ1) is 24.4. The Labute approximate surface area is 178 Å². The molecule has 0 unspecified atom stereocenters.